The molecule has 27 heavy (non-hydrogen) atoms. The fraction of sp³-hybridized carbons (Fsp3) is 0.250. The highest BCUT2D eigenvalue weighted by atomic mass is 16.5. The fourth-order valence-electron chi connectivity index (χ4n) is 2.38. The molecule has 0 aromatic heterocycles. The molecule has 0 saturated heterocycles. The number of hydrogen-bond donors (Lipinski definition) is 1. The van der Waals surface area contributed by atoms with Crippen molar-refractivity contribution < 1.29 is 28.6 Å². The smallest absolute Gasteiger partial charge is 0.340 e. The molecule has 142 valence electrons. The van der Waals surface area contributed by atoms with Crippen LogP contribution in [0.1, 0.15) is 44.9 Å². The zero-order valence-corrected chi connectivity index (χ0v) is 15.6. The second kappa shape index (κ2) is 8.84. The van der Waals surface area contributed by atoms with Crippen molar-refractivity contribution >= 4 is 23.5 Å². The van der Waals surface area contributed by atoms with Gasteiger partial charge in [-0.25, -0.2) is 9.59 Å². The van der Waals surface area contributed by atoms with Crippen LogP contribution >= 0.6 is 0 Å². The van der Waals surface area contributed by atoms with Crippen molar-refractivity contribution in [1.82, 2.24) is 0 Å². The summed E-state index contributed by atoms with van der Waals surface area (Å²) in [6.45, 7) is 3.71. The minimum Gasteiger partial charge on any atom is -0.490 e. The van der Waals surface area contributed by atoms with Gasteiger partial charge in [-0.05, 0) is 44.2 Å². The largest absolute Gasteiger partial charge is 0.490 e. The predicted molar refractivity (Wildman–Crippen MR) is 99.3 cm³/mol. The normalized spacial score (nSPS) is 10.3. The molecular formula is C20H21NO6. The van der Waals surface area contributed by atoms with Gasteiger partial charge in [-0.15, -0.1) is 0 Å². The average Bonchev–Trinajstić information content (AvgIpc) is 2.66. The lowest BCUT2D eigenvalue weighted by atomic mass is 10.1. The Morgan fingerprint density at radius 3 is 2.19 bits per heavy atom. The lowest BCUT2D eigenvalue weighted by Crippen LogP contribution is -2.18. The molecule has 0 radical (unpaired) electrons. The second-order valence-electron chi connectivity index (χ2n) is 5.86. The summed E-state index contributed by atoms with van der Waals surface area (Å²) in [7, 11) is 2.45. The first-order valence-corrected chi connectivity index (χ1v) is 8.25. The van der Waals surface area contributed by atoms with Gasteiger partial charge in [0.05, 0.1) is 42.7 Å². The molecule has 1 N–H and O–H groups in total. The summed E-state index contributed by atoms with van der Waals surface area (Å²) in [5.41, 5.74) is 0.730. The van der Waals surface area contributed by atoms with Crippen LogP contribution in [-0.4, -0.2) is 38.2 Å². The van der Waals surface area contributed by atoms with Crippen LogP contribution in [0.5, 0.6) is 5.75 Å². The number of carbonyl (C=O) groups excluding carboxylic acids is 3. The first-order chi connectivity index (χ1) is 12.9. The van der Waals surface area contributed by atoms with Crippen LogP contribution < -0.4 is 10.1 Å². The van der Waals surface area contributed by atoms with Gasteiger partial charge in [0.15, 0.2) is 0 Å². The number of ether oxygens (including phenoxy) is 3. The van der Waals surface area contributed by atoms with Gasteiger partial charge in [0, 0.05) is 0 Å². The number of nitrogens with one attached hydrogen (secondary N) is 1. The van der Waals surface area contributed by atoms with E-state index in [2.05, 4.69) is 10.1 Å². The predicted octanol–water partition coefficient (Wildman–Crippen LogP) is 3.30. The molecule has 7 nitrogen and oxygen atoms in total. The van der Waals surface area contributed by atoms with Crippen LogP contribution in [0.15, 0.2) is 42.5 Å². The Kier molecular flexibility index (Phi) is 6.54. The van der Waals surface area contributed by atoms with Crippen LogP contribution in [0.4, 0.5) is 5.69 Å². The Morgan fingerprint density at radius 2 is 1.56 bits per heavy atom. The summed E-state index contributed by atoms with van der Waals surface area (Å²) >= 11 is 0. The van der Waals surface area contributed by atoms with E-state index in [0.717, 1.165) is 0 Å². The Bertz CT molecular complexity index is 859. The van der Waals surface area contributed by atoms with Crippen molar-refractivity contribution in [2.75, 3.05) is 19.5 Å². The summed E-state index contributed by atoms with van der Waals surface area (Å²) < 4.78 is 15.0. The van der Waals surface area contributed by atoms with E-state index in [-0.39, 0.29) is 22.9 Å². The van der Waals surface area contributed by atoms with Crippen LogP contribution in [0.25, 0.3) is 0 Å². The van der Waals surface area contributed by atoms with E-state index in [4.69, 9.17) is 9.47 Å². The third-order valence-corrected chi connectivity index (χ3v) is 3.59. The first-order valence-electron chi connectivity index (χ1n) is 8.25. The standard InChI is InChI=1S/C20H21NO6/c1-12(2)27-17-8-6-5-7-14(17)18(22)21-16-10-9-13(19(23)25-3)11-15(16)20(24)26-4/h5-12H,1-4H3,(H,21,22). The molecule has 0 saturated carbocycles. The molecule has 0 fully saturated rings. The summed E-state index contributed by atoms with van der Waals surface area (Å²) in [5, 5.41) is 2.67. The van der Waals surface area contributed by atoms with Gasteiger partial charge in [0.2, 0.25) is 0 Å². The highest BCUT2D eigenvalue weighted by Crippen LogP contribution is 2.24. The van der Waals surface area contributed by atoms with Crippen LogP contribution in [0.3, 0.4) is 0 Å². The fourth-order valence-corrected chi connectivity index (χ4v) is 2.38. The lowest BCUT2D eigenvalue weighted by Gasteiger charge is -2.15. The number of methoxy groups -OCH3 is 2. The van der Waals surface area contributed by atoms with E-state index in [1.54, 1.807) is 24.3 Å². The Labute approximate surface area is 157 Å². The highest BCUT2D eigenvalue weighted by Gasteiger charge is 2.20. The third-order valence-electron chi connectivity index (χ3n) is 3.59. The molecule has 0 bridgehead atoms. The number of anilines is 1. The molecule has 0 aliphatic rings. The van der Waals surface area contributed by atoms with Crippen LogP contribution in [0, 0.1) is 0 Å². The van der Waals surface area contributed by atoms with Gasteiger partial charge in [-0.1, -0.05) is 12.1 Å². The Hall–Kier alpha value is -3.35. The molecule has 7 heteroatoms. The van der Waals surface area contributed by atoms with E-state index < -0.39 is 17.8 Å². The van der Waals surface area contributed by atoms with Gasteiger partial charge >= 0.3 is 11.9 Å². The quantitative estimate of drug-likeness (QED) is 0.784. The van der Waals surface area contributed by atoms with E-state index in [1.807, 2.05) is 13.8 Å². The number of benzene rings is 2. The second-order valence-corrected chi connectivity index (χ2v) is 5.86. The molecule has 1 amide bonds. The molecule has 0 unspecified atom stereocenters. The molecule has 0 spiro atoms. The number of amides is 1. The summed E-state index contributed by atoms with van der Waals surface area (Å²) in [6.07, 6.45) is -0.107. The summed E-state index contributed by atoms with van der Waals surface area (Å²) in [6, 6.07) is 11.0. The summed E-state index contributed by atoms with van der Waals surface area (Å²) in [4.78, 5) is 36.5. The van der Waals surface area contributed by atoms with E-state index in [1.165, 1.54) is 32.4 Å². The van der Waals surface area contributed by atoms with Crippen LogP contribution in [-0.2, 0) is 9.47 Å². The number of esters is 2. The van der Waals surface area contributed by atoms with Crippen molar-refractivity contribution in [3.8, 4) is 5.75 Å². The van der Waals surface area contributed by atoms with E-state index in [9.17, 15) is 14.4 Å². The SMILES string of the molecule is COC(=O)c1ccc(NC(=O)c2ccccc2OC(C)C)c(C(=O)OC)c1. The van der Waals surface area contributed by atoms with Gasteiger partial charge < -0.3 is 19.5 Å². The molecule has 2 aromatic carbocycles. The third kappa shape index (κ3) is 4.84. The van der Waals surface area contributed by atoms with E-state index in [0.29, 0.717) is 11.3 Å². The first kappa shape index (κ1) is 20.0. The van der Waals surface area contributed by atoms with Gasteiger partial charge in [-0.2, -0.15) is 0 Å². The molecule has 0 heterocycles. The van der Waals surface area contributed by atoms with Crippen molar-refractivity contribution in [2.45, 2.75) is 20.0 Å². The monoisotopic (exact) mass is 371 g/mol. The van der Waals surface area contributed by atoms with E-state index >= 15 is 0 Å². The Balaban J connectivity index is 2.38. The van der Waals surface area contributed by atoms with Crippen molar-refractivity contribution in [3.05, 3.63) is 59.2 Å². The molecule has 0 aliphatic heterocycles. The Morgan fingerprint density at radius 1 is 0.889 bits per heavy atom. The number of para-hydroxylation sites is 1. The van der Waals surface area contributed by atoms with Crippen molar-refractivity contribution in [1.29, 1.82) is 0 Å². The summed E-state index contributed by atoms with van der Waals surface area (Å²) in [5.74, 6) is -1.32. The van der Waals surface area contributed by atoms with Crippen molar-refractivity contribution in [2.24, 2.45) is 0 Å². The molecule has 0 aliphatic carbocycles. The van der Waals surface area contributed by atoms with Crippen molar-refractivity contribution in [3.63, 3.8) is 0 Å². The number of rotatable bonds is 6. The topological polar surface area (TPSA) is 90.9 Å². The maximum Gasteiger partial charge on any atom is 0.340 e. The van der Waals surface area contributed by atoms with Gasteiger partial charge in [-0.3, -0.25) is 4.79 Å². The minimum atomic E-state index is -0.692. The molecule has 2 rings (SSSR count). The maximum atomic E-state index is 12.7. The zero-order chi connectivity index (χ0) is 20.0. The average molecular weight is 371 g/mol. The zero-order valence-electron chi connectivity index (χ0n) is 15.6. The number of hydrogen-bond acceptors (Lipinski definition) is 6. The van der Waals surface area contributed by atoms with Gasteiger partial charge in [0.1, 0.15) is 5.75 Å². The number of carbonyl (C=O) groups is 3. The lowest BCUT2D eigenvalue weighted by molar-refractivity contribution is 0.0600. The van der Waals surface area contributed by atoms with Gasteiger partial charge in [0.25, 0.3) is 5.91 Å². The van der Waals surface area contributed by atoms with Crippen LogP contribution in [0.2, 0.25) is 0 Å². The minimum absolute atomic E-state index is 0.0380. The highest BCUT2D eigenvalue weighted by molar-refractivity contribution is 6.10. The maximum absolute atomic E-state index is 12.7. The molecule has 2 aromatic rings. The molecule has 0 atom stereocenters. The molecular weight excluding hydrogens is 350 g/mol.